The number of carbonyl (C=O) groups is 1. The van der Waals surface area contributed by atoms with Gasteiger partial charge >= 0.3 is 0 Å². The average molecular weight is 387 g/mol. The molecule has 1 amide bonds. The van der Waals surface area contributed by atoms with Gasteiger partial charge in [-0.1, -0.05) is 11.6 Å². The van der Waals surface area contributed by atoms with Crippen LogP contribution >= 0.6 is 11.6 Å². The van der Waals surface area contributed by atoms with Crippen LogP contribution in [0.15, 0.2) is 48.5 Å². The number of rotatable bonds is 6. The molecule has 142 valence electrons. The van der Waals surface area contributed by atoms with E-state index in [2.05, 4.69) is 4.90 Å². The number of halogens is 1. The maximum atomic E-state index is 13.1. The van der Waals surface area contributed by atoms with Gasteiger partial charge in [-0.2, -0.15) is 0 Å². The van der Waals surface area contributed by atoms with E-state index in [1.54, 1.807) is 19.2 Å². The van der Waals surface area contributed by atoms with Crippen molar-refractivity contribution in [2.75, 3.05) is 31.6 Å². The van der Waals surface area contributed by atoms with Crippen molar-refractivity contribution in [3.8, 4) is 11.5 Å². The summed E-state index contributed by atoms with van der Waals surface area (Å²) < 4.78 is 11.4. The molecule has 2 saturated heterocycles. The molecular formula is C21H23ClN2O3. The molecule has 5 nitrogen and oxygen atoms in total. The third kappa shape index (κ3) is 3.98. The lowest BCUT2D eigenvalue weighted by atomic mass is 10.2. The Morgan fingerprint density at radius 2 is 1.67 bits per heavy atom. The summed E-state index contributed by atoms with van der Waals surface area (Å²) in [5.74, 6) is 1.56. The third-order valence-corrected chi connectivity index (χ3v) is 5.39. The Labute approximate surface area is 164 Å². The lowest BCUT2D eigenvalue weighted by Gasteiger charge is -2.24. The van der Waals surface area contributed by atoms with Crippen molar-refractivity contribution >= 4 is 23.2 Å². The molecule has 0 spiro atoms. The summed E-state index contributed by atoms with van der Waals surface area (Å²) >= 11 is 5.97. The molecular weight excluding hydrogens is 364 g/mol. The molecule has 0 bridgehead atoms. The number of benzene rings is 2. The summed E-state index contributed by atoms with van der Waals surface area (Å²) in [6, 6.07) is 15.1. The maximum absolute atomic E-state index is 13.1. The molecule has 2 atom stereocenters. The van der Waals surface area contributed by atoms with Crippen molar-refractivity contribution < 1.29 is 14.3 Å². The number of nitrogens with zero attached hydrogens (tertiary/aromatic N) is 2. The first-order valence-corrected chi connectivity index (χ1v) is 9.65. The van der Waals surface area contributed by atoms with Crippen LogP contribution in [0.4, 0.5) is 5.69 Å². The topological polar surface area (TPSA) is 41.8 Å². The van der Waals surface area contributed by atoms with E-state index in [-0.39, 0.29) is 11.9 Å². The SMILES string of the molecule is COc1ccc(N2C[C@@H]2[C@H](Oc2ccc(Cl)cc2)C(=O)N2CCCC2)cc1. The van der Waals surface area contributed by atoms with Crippen LogP contribution in [-0.2, 0) is 4.79 Å². The Morgan fingerprint density at radius 1 is 1.04 bits per heavy atom. The van der Waals surface area contributed by atoms with E-state index in [4.69, 9.17) is 21.1 Å². The molecule has 27 heavy (non-hydrogen) atoms. The predicted octanol–water partition coefficient (Wildman–Crippen LogP) is 3.61. The fraction of sp³-hybridized carbons (Fsp3) is 0.381. The quantitative estimate of drug-likeness (QED) is 0.711. The molecule has 0 aromatic heterocycles. The average Bonchev–Trinajstić information content (AvgIpc) is 3.29. The van der Waals surface area contributed by atoms with Gasteiger partial charge in [0, 0.05) is 30.3 Å². The molecule has 2 aromatic carbocycles. The van der Waals surface area contributed by atoms with E-state index in [0.717, 1.165) is 43.9 Å². The Bertz CT molecular complexity index is 788. The Hall–Kier alpha value is -2.40. The van der Waals surface area contributed by atoms with E-state index in [1.165, 1.54) is 0 Å². The molecule has 2 aliphatic heterocycles. The van der Waals surface area contributed by atoms with E-state index in [0.29, 0.717) is 10.8 Å². The normalized spacial score (nSPS) is 19.7. The fourth-order valence-electron chi connectivity index (χ4n) is 3.55. The molecule has 2 fully saturated rings. The molecule has 0 unspecified atom stereocenters. The molecule has 0 radical (unpaired) electrons. The van der Waals surface area contributed by atoms with Crippen molar-refractivity contribution in [1.29, 1.82) is 0 Å². The van der Waals surface area contributed by atoms with Crippen molar-refractivity contribution in [2.45, 2.75) is 25.0 Å². The van der Waals surface area contributed by atoms with Crippen LogP contribution < -0.4 is 14.4 Å². The fourth-order valence-corrected chi connectivity index (χ4v) is 3.68. The molecule has 2 aromatic rings. The molecule has 0 aliphatic carbocycles. The summed E-state index contributed by atoms with van der Waals surface area (Å²) in [7, 11) is 1.65. The second-order valence-electron chi connectivity index (χ2n) is 6.94. The standard InChI is InChI=1S/C21H23ClN2O3/c1-26-17-10-6-16(7-11-17)24-14-19(24)20(21(25)23-12-2-3-13-23)27-18-8-4-15(22)5-9-18/h4-11,19-20H,2-3,12-14H2,1H3/t19-,20+,24?/m1/s1. The predicted molar refractivity (Wildman–Crippen MR) is 106 cm³/mol. The molecule has 0 saturated carbocycles. The number of amides is 1. The number of hydrogen-bond donors (Lipinski definition) is 0. The molecule has 0 N–H and O–H groups in total. The zero-order chi connectivity index (χ0) is 18.8. The zero-order valence-electron chi connectivity index (χ0n) is 15.3. The van der Waals surface area contributed by atoms with E-state index < -0.39 is 6.10 Å². The second-order valence-corrected chi connectivity index (χ2v) is 7.38. The first kappa shape index (κ1) is 18.0. The maximum Gasteiger partial charge on any atom is 0.265 e. The number of carbonyl (C=O) groups excluding carboxylic acids is 1. The lowest BCUT2D eigenvalue weighted by Crippen LogP contribution is -2.44. The number of methoxy groups -OCH3 is 1. The van der Waals surface area contributed by atoms with Gasteiger partial charge < -0.3 is 19.3 Å². The van der Waals surface area contributed by atoms with Gasteiger partial charge in [-0.15, -0.1) is 0 Å². The molecule has 2 heterocycles. The van der Waals surface area contributed by atoms with Crippen LogP contribution in [0.1, 0.15) is 12.8 Å². The van der Waals surface area contributed by atoms with Crippen LogP contribution in [-0.4, -0.2) is 49.7 Å². The zero-order valence-corrected chi connectivity index (χ0v) is 16.1. The summed E-state index contributed by atoms with van der Waals surface area (Å²) in [4.78, 5) is 17.2. The third-order valence-electron chi connectivity index (χ3n) is 5.14. The second kappa shape index (κ2) is 7.69. The smallest absolute Gasteiger partial charge is 0.265 e. The van der Waals surface area contributed by atoms with Crippen molar-refractivity contribution in [3.05, 3.63) is 53.6 Å². The molecule has 4 rings (SSSR count). The van der Waals surface area contributed by atoms with Gasteiger partial charge in [0.2, 0.25) is 0 Å². The number of likely N-dealkylation sites (tertiary alicyclic amines) is 1. The highest BCUT2D eigenvalue weighted by Gasteiger charge is 2.47. The molecule has 6 heteroatoms. The van der Waals surface area contributed by atoms with E-state index in [9.17, 15) is 4.79 Å². The largest absolute Gasteiger partial charge is 0.497 e. The van der Waals surface area contributed by atoms with Gasteiger partial charge in [-0.05, 0) is 61.4 Å². The van der Waals surface area contributed by atoms with Gasteiger partial charge in [0.05, 0.1) is 13.2 Å². The van der Waals surface area contributed by atoms with Crippen molar-refractivity contribution in [3.63, 3.8) is 0 Å². The Kier molecular flexibility index (Phi) is 5.12. The van der Waals surface area contributed by atoms with Crippen LogP contribution in [0.5, 0.6) is 11.5 Å². The van der Waals surface area contributed by atoms with Crippen molar-refractivity contribution in [1.82, 2.24) is 4.90 Å². The lowest BCUT2D eigenvalue weighted by molar-refractivity contribution is -0.137. The van der Waals surface area contributed by atoms with Gasteiger partial charge in [0.25, 0.3) is 5.91 Å². The van der Waals surface area contributed by atoms with E-state index >= 15 is 0 Å². The first-order chi connectivity index (χ1) is 13.2. The van der Waals surface area contributed by atoms with Crippen molar-refractivity contribution in [2.24, 2.45) is 0 Å². The summed E-state index contributed by atoms with van der Waals surface area (Å²) in [6.45, 7) is 2.42. The van der Waals surface area contributed by atoms with Crippen LogP contribution in [0.3, 0.4) is 0 Å². The minimum atomic E-state index is -0.522. The van der Waals surface area contributed by atoms with E-state index in [1.807, 2.05) is 41.3 Å². The highest BCUT2D eigenvalue weighted by molar-refractivity contribution is 6.30. The Balaban J connectivity index is 1.52. The summed E-state index contributed by atoms with van der Waals surface area (Å²) in [6.07, 6.45) is 1.60. The van der Waals surface area contributed by atoms with Gasteiger partial charge in [-0.25, -0.2) is 0 Å². The van der Waals surface area contributed by atoms with Crippen LogP contribution in [0.2, 0.25) is 5.02 Å². The minimum absolute atomic E-state index is 0.0298. The van der Waals surface area contributed by atoms with Crippen LogP contribution in [0.25, 0.3) is 0 Å². The van der Waals surface area contributed by atoms with Gasteiger partial charge in [0.15, 0.2) is 6.10 Å². The first-order valence-electron chi connectivity index (χ1n) is 9.27. The number of anilines is 1. The minimum Gasteiger partial charge on any atom is -0.497 e. The van der Waals surface area contributed by atoms with Crippen LogP contribution in [0, 0.1) is 0 Å². The summed E-state index contributed by atoms with van der Waals surface area (Å²) in [5.41, 5.74) is 1.07. The van der Waals surface area contributed by atoms with Gasteiger partial charge in [-0.3, -0.25) is 4.79 Å². The monoisotopic (exact) mass is 386 g/mol. The highest BCUT2D eigenvalue weighted by Crippen LogP contribution is 2.34. The molecule has 2 aliphatic rings. The number of ether oxygens (including phenoxy) is 2. The summed E-state index contributed by atoms with van der Waals surface area (Å²) in [5, 5.41) is 0.649. The highest BCUT2D eigenvalue weighted by atomic mass is 35.5. The Morgan fingerprint density at radius 3 is 2.30 bits per heavy atom. The van der Waals surface area contributed by atoms with Gasteiger partial charge in [0.1, 0.15) is 11.5 Å². The number of hydrogen-bond acceptors (Lipinski definition) is 4.